The van der Waals surface area contributed by atoms with Crippen molar-refractivity contribution in [1.29, 1.82) is 0 Å². The third kappa shape index (κ3) is 3.14. The molecule has 2 aromatic carbocycles. The zero-order valence-electron chi connectivity index (χ0n) is 14.2. The van der Waals surface area contributed by atoms with Crippen LogP contribution in [0.2, 0.25) is 0 Å². The summed E-state index contributed by atoms with van der Waals surface area (Å²) in [5.41, 5.74) is 17.2. The molecule has 1 saturated carbocycles. The average molecular weight is 350 g/mol. The Balaban J connectivity index is 1.83. The number of rotatable bonds is 4. The van der Waals surface area contributed by atoms with E-state index in [1.165, 1.54) is 42.1 Å². The Morgan fingerprint density at radius 1 is 1.12 bits per heavy atom. The molecule has 4 heteroatoms. The van der Waals surface area contributed by atoms with Gasteiger partial charge >= 0.3 is 0 Å². The minimum absolute atomic E-state index is 0.431. The molecule has 1 aromatic heterocycles. The summed E-state index contributed by atoms with van der Waals surface area (Å²) in [6.07, 6.45) is 7.63. The van der Waals surface area contributed by atoms with Gasteiger partial charge in [0.2, 0.25) is 0 Å². The monoisotopic (exact) mass is 349 g/mol. The van der Waals surface area contributed by atoms with Crippen LogP contribution in [0.25, 0.3) is 22.0 Å². The SMILES string of the molecule is NC(=S)c1cccc(-c2cn(CC3CCCC3)c3cc(N)ccc23)c1. The van der Waals surface area contributed by atoms with E-state index in [1.54, 1.807) is 0 Å². The van der Waals surface area contributed by atoms with Gasteiger partial charge in [0.1, 0.15) is 4.99 Å². The van der Waals surface area contributed by atoms with E-state index in [0.29, 0.717) is 4.99 Å². The minimum Gasteiger partial charge on any atom is -0.399 e. The van der Waals surface area contributed by atoms with E-state index in [1.807, 2.05) is 18.2 Å². The highest BCUT2D eigenvalue weighted by atomic mass is 32.1. The fourth-order valence-electron chi connectivity index (χ4n) is 4.00. The zero-order valence-corrected chi connectivity index (χ0v) is 15.1. The van der Waals surface area contributed by atoms with Crippen molar-refractivity contribution in [3.05, 3.63) is 54.2 Å². The summed E-state index contributed by atoms with van der Waals surface area (Å²) >= 11 is 5.14. The van der Waals surface area contributed by atoms with Gasteiger partial charge in [-0.25, -0.2) is 0 Å². The highest BCUT2D eigenvalue weighted by molar-refractivity contribution is 7.80. The summed E-state index contributed by atoms with van der Waals surface area (Å²) in [6, 6.07) is 14.4. The Kier molecular flexibility index (Phi) is 4.22. The Bertz CT molecular complexity index is 935. The van der Waals surface area contributed by atoms with Crippen LogP contribution in [-0.4, -0.2) is 9.56 Å². The first-order valence-electron chi connectivity index (χ1n) is 8.90. The number of hydrogen-bond donors (Lipinski definition) is 2. The van der Waals surface area contributed by atoms with Crippen LogP contribution in [0.4, 0.5) is 5.69 Å². The fraction of sp³-hybridized carbons (Fsp3) is 0.286. The van der Waals surface area contributed by atoms with Crippen molar-refractivity contribution in [2.75, 3.05) is 5.73 Å². The number of nitrogens with zero attached hydrogens (tertiary/aromatic N) is 1. The smallest absolute Gasteiger partial charge is 0.104 e. The molecule has 25 heavy (non-hydrogen) atoms. The number of hydrogen-bond acceptors (Lipinski definition) is 2. The van der Waals surface area contributed by atoms with Crippen LogP contribution in [0.1, 0.15) is 31.2 Å². The van der Waals surface area contributed by atoms with Gasteiger partial charge in [-0.05, 0) is 42.5 Å². The van der Waals surface area contributed by atoms with Gasteiger partial charge in [0.15, 0.2) is 0 Å². The zero-order chi connectivity index (χ0) is 17.4. The maximum Gasteiger partial charge on any atom is 0.104 e. The third-order valence-corrected chi connectivity index (χ3v) is 5.53. The normalized spacial score (nSPS) is 15.0. The third-order valence-electron chi connectivity index (χ3n) is 5.29. The number of aromatic nitrogens is 1. The molecular weight excluding hydrogens is 326 g/mol. The first-order valence-corrected chi connectivity index (χ1v) is 9.31. The number of anilines is 1. The van der Waals surface area contributed by atoms with Crippen molar-refractivity contribution in [2.24, 2.45) is 11.7 Å². The van der Waals surface area contributed by atoms with Crippen LogP contribution >= 0.6 is 12.2 Å². The Labute approximate surface area is 153 Å². The maximum atomic E-state index is 6.07. The summed E-state index contributed by atoms with van der Waals surface area (Å²) in [5.74, 6) is 0.771. The molecule has 1 aliphatic rings. The largest absolute Gasteiger partial charge is 0.399 e. The Morgan fingerprint density at radius 3 is 2.68 bits per heavy atom. The van der Waals surface area contributed by atoms with Crippen molar-refractivity contribution in [3.63, 3.8) is 0 Å². The van der Waals surface area contributed by atoms with Gasteiger partial charge in [0.05, 0.1) is 5.52 Å². The average Bonchev–Trinajstić information content (AvgIpc) is 3.23. The summed E-state index contributed by atoms with van der Waals surface area (Å²) in [5, 5.41) is 1.23. The molecule has 0 radical (unpaired) electrons. The molecule has 3 nitrogen and oxygen atoms in total. The van der Waals surface area contributed by atoms with Crippen LogP contribution in [0.3, 0.4) is 0 Å². The summed E-state index contributed by atoms with van der Waals surface area (Å²) in [4.78, 5) is 0.431. The van der Waals surface area contributed by atoms with Crippen LogP contribution in [0.15, 0.2) is 48.7 Å². The summed E-state index contributed by atoms with van der Waals surface area (Å²) in [7, 11) is 0. The van der Waals surface area contributed by atoms with Gasteiger partial charge in [0, 0.05) is 34.9 Å². The van der Waals surface area contributed by atoms with Crippen molar-refractivity contribution in [3.8, 4) is 11.1 Å². The second-order valence-electron chi connectivity index (χ2n) is 7.07. The molecule has 0 aliphatic heterocycles. The molecule has 0 amide bonds. The number of fused-ring (bicyclic) bond motifs is 1. The predicted molar refractivity (Wildman–Crippen MR) is 110 cm³/mol. The Hall–Kier alpha value is -2.33. The van der Waals surface area contributed by atoms with E-state index in [-0.39, 0.29) is 0 Å². The minimum atomic E-state index is 0.431. The molecule has 3 aromatic rings. The van der Waals surface area contributed by atoms with Gasteiger partial charge in [-0.3, -0.25) is 0 Å². The molecule has 0 spiro atoms. The summed E-state index contributed by atoms with van der Waals surface area (Å²) < 4.78 is 2.38. The van der Waals surface area contributed by atoms with Crippen LogP contribution in [0.5, 0.6) is 0 Å². The predicted octanol–water partition coefficient (Wildman–Crippen LogP) is 4.71. The van der Waals surface area contributed by atoms with Crippen molar-refractivity contribution >= 4 is 33.8 Å². The van der Waals surface area contributed by atoms with E-state index >= 15 is 0 Å². The highest BCUT2D eigenvalue weighted by Gasteiger charge is 2.18. The first-order chi connectivity index (χ1) is 12.1. The Morgan fingerprint density at radius 2 is 1.92 bits per heavy atom. The number of nitrogens with two attached hydrogens (primary N) is 2. The molecule has 0 unspecified atom stereocenters. The second-order valence-corrected chi connectivity index (χ2v) is 7.51. The fourth-order valence-corrected chi connectivity index (χ4v) is 4.13. The molecule has 1 fully saturated rings. The number of benzene rings is 2. The van der Waals surface area contributed by atoms with Gasteiger partial charge in [0.25, 0.3) is 0 Å². The van der Waals surface area contributed by atoms with E-state index < -0.39 is 0 Å². The van der Waals surface area contributed by atoms with E-state index in [0.717, 1.165) is 29.3 Å². The molecule has 4 rings (SSSR count). The lowest BCUT2D eigenvalue weighted by atomic mass is 10.0. The second kappa shape index (κ2) is 6.52. The molecular formula is C21H23N3S. The molecule has 128 valence electrons. The van der Waals surface area contributed by atoms with Crippen molar-refractivity contribution in [1.82, 2.24) is 4.57 Å². The van der Waals surface area contributed by atoms with E-state index in [9.17, 15) is 0 Å². The van der Waals surface area contributed by atoms with Crippen LogP contribution < -0.4 is 11.5 Å². The molecule has 0 atom stereocenters. The van der Waals surface area contributed by atoms with Gasteiger partial charge in [-0.15, -0.1) is 0 Å². The lowest BCUT2D eigenvalue weighted by Crippen LogP contribution is -2.08. The molecule has 1 aliphatic carbocycles. The number of nitrogen functional groups attached to an aromatic ring is 1. The van der Waals surface area contributed by atoms with Crippen molar-refractivity contribution < 1.29 is 0 Å². The maximum absolute atomic E-state index is 6.07. The lowest BCUT2D eigenvalue weighted by molar-refractivity contribution is 0.466. The lowest BCUT2D eigenvalue weighted by Gasteiger charge is -2.11. The quantitative estimate of drug-likeness (QED) is 0.529. The van der Waals surface area contributed by atoms with Gasteiger partial charge in [-0.1, -0.05) is 49.3 Å². The molecule has 0 bridgehead atoms. The van der Waals surface area contributed by atoms with Crippen LogP contribution in [-0.2, 0) is 6.54 Å². The first kappa shape index (κ1) is 16.2. The highest BCUT2D eigenvalue weighted by Crippen LogP contribution is 2.34. The molecule has 1 heterocycles. The van der Waals surface area contributed by atoms with Gasteiger partial charge in [-0.2, -0.15) is 0 Å². The van der Waals surface area contributed by atoms with Crippen molar-refractivity contribution in [2.45, 2.75) is 32.2 Å². The van der Waals surface area contributed by atoms with E-state index in [4.69, 9.17) is 23.7 Å². The topological polar surface area (TPSA) is 57.0 Å². The standard InChI is InChI=1S/C21H23N3S/c22-17-8-9-18-19(15-6-3-7-16(10-15)21(23)25)13-24(20(18)11-17)12-14-4-1-2-5-14/h3,6-11,13-14H,1-2,4-5,12,22H2,(H2,23,25). The van der Waals surface area contributed by atoms with Gasteiger partial charge < -0.3 is 16.0 Å². The number of thiocarbonyl (C=S) groups is 1. The summed E-state index contributed by atoms with van der Waals surface area (Å²) in [6.45, 7) is 1.06. The van der Waals surface area contributed by atoms with Crippen LogP contribution in [0, 0.1) is 5.92 Å². The molecule has 4 N–H and O–H groups in total. The molecule has 0 saturated heterocycles. The van der Waals surface area contributed by atoms with E-state index in [2.05, 4.69) is 35.0 Å².